The van der Waals surface area contributed by atoms with Gasteiger partial charge in [-0.05, 0) is 38.5 Å². The molecular formula is C77H152NO8P. The van der Waals surface area contributed by atoms with Gasteiger partial charge in [0.1, 0.15) is 19.8 Å². The zero-order valence-electron chi connectivity index (χ0n) is 59.3. The van der Waals surface area contributed by atoms with E-state index in [4.69, 9.17) is 18.5 Å². The fraction of sp³-hybridized carbons (Fsp3) is 0.948. The van der Waals surface area contributed by atoms with E-state index in [0.717, 1.165) is 32.1 Å². The Labute approximate surface area is 543 Å². The van der Waals surface area contributed by atoms with Gasteiger partial charge in [0.15, 0.2) is 6.10 Å². The lowest BCUT2D eigenvalue weighted by Gasteiger charge is -2.28. The summed E-state index contributed by atoms with van der Waals surface area (Å²) >= 11 is 0. The molecule has 2 atom stereocenters. The maximum absolute atomic E-state index is 12.9. The van der Waals surface area contributed by atoms with E-state index in [-0.39, 0.29) is 32.0 Å². The highest BCUT2D eigenvalue weighted by molar-refractivity contribution is 7.45. The van der Waals surface area contributed by atoms with Gasteiger partial charge in [-0.25, -0.2) is 0 Å². The van der Waals surface area contributed by atoms with Crippen molar-refractivity contribution in [3.63, 3.8) is 0 Å². The number of phosphoric acid groups is 1. The van der Waals surface area contributed by atoms with Crippen LogP contribution in [-0.2, 0) is 32.7 Å². The molecule has 0 bridgehead atoms. The molecule has 0 aliphatic rings. The molecule has 0 N–H and O–H groups in total. The quantitative estimate of drug-likeness (QED) is 0.0195. The Bertz CT molecular complexity index is 1470. The van der Waals surface area contributed by atoms with Crippen molar-refractivity contribution in [3.05, 3.63) is 12.2 Å². The number of hydrogen-bond donors (Lipinski definition) is 0. The maximum Gasteiger partial charge on any atom is 0.306 e. The Morgan fingerprint density at radius 2 is 0.586 bits per heavy atom. The van der Waals surface area contributed by atoms with E-state index in [0.29, 0.717) is 17.4 Å². The summed E-state index contributed by atoms with van der Waals surface area (Å²) in [6.45, 7) is 4.33. The van der Waals surface area contributed by atoms with E-state index < -0.39 is 26.5 Å². The van der Waals surface area contributed by atoms with E-state index >= 15 is 0 Å². The number of carbonyl (C=O) groups excluding carboxylic acids is 2. The van der Waals surface area contributed by atoms with Crippen LogP contribution in [0.25, 0.3) is 0 Å². The molecule has 0 spiro atoms. The smallest absolute Gasteiger partial charge is 0.306 e. The van der Waals surface area contributed by atoms with Crippen LogP contribution in [0.1, 0.15) is 418 Å². The topological polar surface area (TPSA) is 111 Å². The van der Waals surface area contributed by atoms with Crippen molar-refractivity contribution in [1.29, 1.82) is 0 Å². The molecule has 0 rings (SSSR count). The van der Waals surface area contributed by atoms with E-state index in [9.17, 15) is 19.0 Å². The number of unbranched alkanes of at least 4 members (excludes halogenated alkanes) is 58. The lowest BCUT2D eigenvalue weighted by Crippen LogP contribution is -2.37. The molecule has 2 unspecified atom stereocenters. The number of ether oxygens (including phenoxy) is 2. The highest BCUT2D eigenvalue weighted by Crippen LogP contribution is 2.38. The second kappa shape index (κ2) is 69.1. The van der Waals surface area contributed by atoms with Gasteiger partial charge >= 0.3 is 11.9 Å². The van der Waals surface area contributed by atoms with Crippen LogP contribution in [0.4, 0.5) is 0 Å². The maximum atomic E-state index is 12.9. The highest BCUT2D eigenvalue weighted by atomic mass is 31.2. The first-order valence-corrected chi connectivity index (χ1v) is 40.4. The Balaban J connectivity index is 3.85. The van der Waals surface area contributed by atoms with Crippen molar-refractivity contribution in [1.82, 2.24) is 0 Å². The van der Waals surface area contributed by atoms with Crippen LogP contribution in [0.2, 0.25) is 0 Å². The van der Waals surface area contributed by atoms with Crippen LogP contribution in [0.5, 0.6) is 0 Å². The van der Waals surface area contributed by atoms with Gasteiger partial charge < -0.3 is 27.9 Å². The number of rotatable bonds is 74. The summed E-state index contributed by atoms with van der Waals surface area (Å²) in [5.41, 5.74) is 0. The zero-order valence-corrected chi connectivity index (χ0v) is 60.2. The molecule has 0 saturated carbocycles. The molecule has 9 nitrogen and oxygen atoms in total. The number of likely N-dealkylation sites (N-methyl/N-ethyl adjacent to an activating group) is 1. The van der Waals surface area contributed by atoms with Crippen LogP contribution in [0.3, 0.4) is 0 Å². The monoisotopic (exact) mass is 1250 g/mol. The largest absolute Gasteiger partial charge is 0.756 e. The normalized spacial score (nSPS) is 13.0. The van der Waals surface area contributed by atoms with Gasteiger partial charge in [0.2, 0.25) is 0 Å². The minimum Gasteiger partial charge on any atom is -0.756 e. The molecular weight excluding hydrogens is 1100 g/mol. The number of nitrogens with zero attached hydrogens (tertiary/aromatic N) is 1. The average Bonchev–Trinajstić information content (AvgIpc) is 3.50. The molecule has 518 valence electrons. The Morgan fingerprint density at radius 1 is 0.345 bits per heavy atom. The summed E-state index contributed by atoms with van der Waals surface area (Å²) in [7, 11) is 1.20. The number of quaternary nitrogens is 1. The van der Waals surface area contributed by atoms with E-state index in [1.54, 1.807) is 0 Å². The standard InChI is InChI=1S/C77H152NO8P/c1-6-8-10-12-14-16-18-20-22-24-26-28-30-31-32-33-34-35-36-37-38-39-40-41-42-43-44-45-46-47-48-50-52-54-56-58-60-62-64-66-68-70-77(80)86-75(74-85-87(81,82)84-72-71-78(3,4)5)73-83-76(79)69-67-65-63-61-59-57-55-53-51-49-29-27-25-23-21-19-17-15-13-11-9-7-2/h24,26,75H,6-23,25,27-74H2,1-5H3/b26-24-. The Hall–Kier alpha value is -1.25. The Morgan fingerprint density at radius 3 is 0.851 bits per heavy atom. The van der Waals surface area contributed by atoms with Crippen LogP contribution >= 0.6 is 7.82 Å². The van der Waals surface area contributed by atoms with Crippen LogP contribution < -0.4 is 4.89 Å². The molecule has 0 fully saturated rings. The molecule has 0 aliphatic carbocycles. The molecule has 0 radical (unpaired) electrons. The first-order valence-electron chi connectivity index (χ1n) is 38.9. The van der Waals surface area contributed by atoms with Crippen molar-refractivity contribution < 1.29 is 42.1 Å². The summed E-state index contributed by atoms with van der Waals surface area (Å²) in [4.78, 5) is 38.1. The summed E-state index contributed by atoms with van der Waals surface area (Å²) < 4.78 is 34.4. The number of phosphoric ester groups is 1. The summed E-state index contributed by atoms with van der Waals surface area (Å²) in [6, 6.07) is 0. The van der Waals surface area contributed by atoms with Gasteiger partial charge in [-0.2, -0.15) is 0 Å². The van der Waals surface area contributed by atoms with E-state index in [2.05, 4.69) is 26.0 Å². The van der Waals surface area contributed by atoms with Gasteiger partial charge in [-0.1, -0.05) is 379 Å². The third-order valence-corrected chi connectivity index (χ3v) is 19.0. The van der Waals surface area contributed by atoms with Crippen molar-refractivity contribution in [2.24, 2.45) is 0 Å². The molecule has 0 saturated heterocycles. The Kier molecular flexibility index (Phi) is 68.1. The van der Waals surface area contributed by atoms with Gasteiger partial charge in [-0.15, -0.1) is 0 Å². The molecule has 0 amide bonds. The third kappa shape index (κ3) is 73.7. The predicted octanol–water partition coefficient (Wildman–Crippen LogP) is 24.8. The highest BCUT2D eigenvalue weighted by Gasteiger charge is 2.22. The molecule has 0 heterocycles. The number of hydrogen-bond acceptors (Lipinski definition) is 8. The van der Waals surface area contributed by atoms with Crippen molar-refractivity contribution in [3.8, 4) is 0 Å². The van der Waals surface area contributed by atoms with Crippen molar-refractivity contribution >= 4 is 19.8 Å². The molecule has 0 aromatic carbocycles. The van der Waals surface area contributed by atoms with Crippen LogP contribution in [0.15, 0.2) is 12.2 Å². The molecule has 10 heteroatoms. The van der Waals surface area contributed by atoms with Gasteiger partial charge in [0, 0.05) is 12.8 Å². The van der Waals surface area contributed by atoms with Gasteiger partial charge in [0.25, 0.3) is 7.82 Å². The summed E-state index contributed by atoms with van der Waals surface area (Å²) in [5, 5.41) is 0. The number of allylic oxidation sites excluding steroid dienone is 2. The fourth-order valence-corrected chi connectivity index (χ4v) is 12.8. The lowest BCUT2D eigenvalue weighted by molar-refractivity contribution is -0.870. The SMILES string of the molecule is CCCCCCCCCC/C=C\CCCCCCCCCCCCCCCCCCCCCCCCCCCCCCCC(=O)OC(COC(=O)CCCCCCCCCCCCCCCCCCCCCCCC)COP(=O)([O-])OCC[N+](C)(C)C. The molecule has 0 aromatic heterocycles. The van der Waals surface area contributed by atoms with Gasteiger partial charge in [-0.3, -0.25) is 14.2 Å². The second-order valence-electron chi connectivity index (χ2n) is 28.1. The van der Waals surface area contributed by atoms with Gasteiger partial charge in [0.05, 0.1) is 27.7 Å². The minimum absolute atomic E-state index is 0.0254. The van der Waals surface area contributed by atoms with Crippen LogP contribution in [-0.4, -0.2) is 70.0 Å². The van der Waals surface area contributed by atoms with E-state index in [1.165, 1.54) is 353 Å². The average molecular weight is 1250 g/mol. The van der Waals surface area contributed by atoms with E-state index in [1.807, 2.05) is 21.1 Å². The van der Waals surface area contributed by atoms with Crippen molar-refractivity contribution in [2.45, 2.75) is 424 Å². The molecule has 0 aliphatic heterocycles. The van der Waals surface area contributed by atoms with Crippen LogP contribution in [0, 0.1) is 0 Å². The fourth-order valence-electron chi connectivity index (χ4n) is 12.1. The third-order valence-electron chi connectivity index (χ3n) is 18.0. The number of carbonyl (C=O) groups is 2. The molecule has 87 heavy (non-hydrogen) atoms. The summed E-state index contributed by atoms with van der Waals surface area (Å²) in [5.74, 6) is -0.804. The predicted molar refractivity (Wildman–Crippen MR) is 375 cm³/mol. The zero-order chi connectivity index (χ0) is 63.4. The second-order valence-corrected chi connectivity index (χ2v) is 29.5. The summed E-state index contributed by atoms with van der Waals surface area (Å²) in [6.07, 6.45) is 86.3. The van der Waals surface area contributed by atoms with Crippen molar-refractivity contribution in [2.75, 3.05) is 47.5 Å². The lowest BCUT2D eigenvalue weighted by atomic mass is 10.0. The first kappa shape index (κ1) is 85.8. The molecule has 0 aromatic rings. The first-order chi connectivity index (χ1) is 42.5. The number of esters is 2. The minimum atomic E-state index is -4.64.